The van der Waals surface area contributed by atoms with Crippen LogP contribution in [0.2, 0.25) is 0 Å². The molecule has 0 aliphatic rings. The molecule has 0 saturated heterocycles. The minimum absolute atomic E-state index is 0.0786. The normalized spacial score (nSPS) is 10.9. The number of hydrogen-bond donors (Lipinski definition) is 1. The van der Waals surface area contributed by atoms with Gasteiger partial charge in [0.15, 0.2) is 5.13 Å². The van der Waals surface area contributed by atoms with Gasteiger partial charge in [0.25, 0.3) is 0 Å². The van der Waals surface area contributed by atoms with E-state index < -0.39 is 0 Å². The van der Waals surface area contributed by atoms with Crippen molar-refractivity contribution in [3.63, 3.8) is 0 Å². The van der Waals surface area contributed by atoms with Crippen LogP contribution in [-0.2, 0) is 9.53 Å². The number of pyridine rings is 1. The van der Waals surface area contributed by atoms with E-state index in [1.54, 1.807) is 6.20 Å². The van der Waals surface area contributed by atoms with Gasteiger partial charge in [-0.05, 0) is 25.0 Å². The standard InChI is InChI=1S/C16H21N3O2S/c1-11(2)10-21-9-7-14(20)19-16-18-12(3)15(22-16)13-6-4-5-8-17-13/h4-6,8,11H,7,9-10H2,1-3H3,(H,18,19,20). The number of rotatable bonds is 7. The number of amides is 1. The molecule has 0 aliphatic carbocycles. The molecule has 0 radical (unpaired) electrons. The van der Waals surface area contributed by atoms with Gasteiger partial charge in [0.05, 0.1) is 29.3 Å². The maximum Gasteiger partial charge on any atom is 0.228 e. The first kappa shape index (κ1) is 16.6. The number of aromatic nitrogens is 2. The number of carbonyl (C=O) groups excluding carboxylic acids is 1. The summed E-state index contributed by atoms with van der Waals surface area (Å²) >= 11 is 1.44. The zero-order chi connectivity index (χ0) is 15.9. The number of aryl methyl sites for hydroxylation is 1. The third-order valence-electron chi connectivity index (χ3n) is 2.87. The molecular formula is C16H21N3O2S. The second-order valence-corrected chi connectivity index (χ2v) is 6.41. The fraction of sp³-hybridized carbons (Fsp3) is 0.438. The van der Waals surface area contributed by atoms with Crippen molar-refractivity contribution < 1.29 is 9.53 Å². The van der Waals surface area contributed by atoms with Crippen molar-refractivity contribution in [3.8, 4) is 10.6 Å². The Bertz CT molecular complexity index is 611. The third kappa shape index (κ3) is 4.89. The van der Waals surface area contributed by atoms with Crippen molar-refractivity contribution in [3.05, 3.63) is 30.1 Å². The first-order chi connectivity index (χ1) is 10.6. The summed E-state index contributed by atoms with van der Waals surface area (Å²) in [5.41, 5.74) is 1.74. The summed E-state index contributed by atoms with van der Waals surface area (Å²) in [6.45, 7) is 7.19. The number of nitrogens with one attached hydrogen (secondary N) is 1. The molecule has 0 aliphatic heterocycles. The van der Waals surface area contributed by atoms with Crippen LogP contribution >= 0.6 is 11.3 Å². The predicted octanol–water partition coefficient (Wildman–Crippen LogP) is 3.51. The maximum atomic E-state index is 11.9. The zero-order valence-electron chi connectivity index (χ0n) is 13.1. The van der Waals surface area contributed by atoms with E-state index >= 15 is 0 Å². The van der Waals surface area contributed by atoms with Gasteiger partial charge in [0.2, 0.25) is 5.91 Å². The highest BCUT2D eigenvalue weighted by atomic mass is 32.1. The average Bonchev–Trinajstić information content (AvgIpc) is 2.85. The first-order valence-electron chi connectivity index (χ1n) is 7.32. The molecule has 6 heteroatoms. The van der Waals surface area contributed by atoms with Gasteiger partial charge in [0.1, 0.15) is 0 Å². The number of thiazole rings is 1. The van der Waals surface area contributed by atoms with E-state index in [0.717, 1.165) is 16.3 Å². The van der Waals surface area contributed by atoms with E-state index in [4.69, 9.17) is 4.74 Å². The Morgan fingerprint density at radius 1 is 1.41 bits per heavy atom. The summed E-state index contributed by atoms with van der Waals surface area (Å²) in [6, 6.07) is 5.75. The van der Waals surface area contributed by atoms with E-state index in [-0.39, 0.29) is 5.91 Å². The highest BCUT2D eigenvalue weighted by Crippen LogP contribution is 2.31. The highest BCUT2D eigenvalue weighted by molar-refractivity contribution is 7.19. The van der Waals surface area contributed by atoms with Gasteiger partial charge < -0.3 is 10.1 Å². The van der Waals surface area contributed by atoms with Crippen LogP contribution in [0.25, 0.3) is 10.6 Å². The van der Waals surface area contributed by atoms with E-state index in [1.165, 1.54) is 11.3 Å². The van der Waals surface area contributed by atoms with Crippen molar-refractivity contribution >= 4 is 22.4 Å². The van der Waals surface area contributed by atoms with E-state index in [0.29, 0.717) is 30.7 Å². The van der Waals surface area contributed by atoms with Gasteiger partial charge in [-0.2, -0.15) is 0 Å². The SMILES string of the molecule is Cc1nc(NC(=O)CCOCC(C)C)sc1-c1ccccn1. The summed E-state index contributed by atoms with van der Waals surface area (Å²) in [5.74, 6) is 0.399. The van der Waals surface area contributed by atoms with Crippen molar-refractivity contribution in [2.24, 2.45) is 5.92 Å². The van der Waals surface area contributed by atoms with Gasteiger partial charge in [-0.25, -0.2) is 4.98 Å². The number of ether oxygens (including phenoxy) is 1. The molecule has 0 spiro atoms. The number of nitrogens with zero attached hydrogens (tertiary/aromatic N) is 2. The zero-order valence-corrected chi connectivity index (χ0v) is 13.9. The van der Waals surface area contributed by atoms with Gasteiger partial charge in [-0.3, -0.25) is 9.78 Å². The summed E-state index contributed by atoms with van der Waals surface area (Å²) in [7, 11) is 0. The molecule has 1 N–H and O–H groups in total. The monoisotopic (exact) mass is 319 g/mol. The van der Waals surface area contributed by atoms with Crippen molar-refractivity contribution in [2.45, 2.75) is 27.2 Å². The first-order valence-corrected chi connectivity index (χ1v) is 8.14. The van der Waals surface area contributed by atoms with Crippen LogP contribution in [0.3, 0.4) is 0 Å². The Kier molecular flexibility index (Phi) is 6.03. The third-order valence-corrected chi connectivity index (χ3v) is 3.96. The molecule has 5 nitrogen and oxygen atoms in total. The topological polar surface area (TPSA) is 64.1 Å². The quantitative estimate of drug-likeness (QED) is 0.793. The van der Waals surface area contributed by atoms with E-state index in [2.05, 4.69) is 29.1 Å². The van der Waals surface area contributed by atoms with Gasteiger partial charge in [-0.15, -0.1) is 0 Å². The fourth-order valence-electron chi connectivity index (χ4n) is 1.85. The highest BCUT2D eigenvalue weighted by Gasteiger charge is 2.12. The summed E-state index contributed by atoms with van der Waals surface area (Å²) < 4.78 is 5.41. The Hall–Kier alpha value is -1.79. The molecule has 0 atom stereocenters. The molecule has 1 amide bonds. The molecule has 2 aromatic heterocycles. The smallest absolute Gasteiger partial charge is 0.228 e. The maximum absolute atomic E-state index is 11.9. The Morgan fingerprint density at radius 2 is 2.23 bits per heavy atom. The van der Waals surface area contributed by atoms with Gasteiger partial charge >= 0.3 is 0 Å². The summed E-state index contributed by atoms with van der Waals surface area (Å²) in [4.78, 5) is 21.6. The van der Waals surface area contributed by atoms with Crippen molar-refractivity contribution in [2.75, 3.05) is 18.5 Å². The summed E-state index contributed by atoms with van der Waals surface area (Å²) in [5, 5.41) is 3.43. The van der Waals surface area contributed by atoms with Crippen LogP contribution in [0, 0.1) is 12.8 Å². The van der Waals surface area contributed by atoms with Gasteiger partial charge in [0, 0.05) is 12.8 Å². The Balaban J connectivity index is 1.90. The Labute approximate surface area is 134 Å². The molecule has 0 saturated carbocycles. The largest absolute Gasteiger partial charge is 0.381 e. The lowest BCUT2D eigenvalue weighted by atomic mass is 10.2. The number of carbonyl (C=O) groups is 1. The fourth-order valence-corrected chi connectivity index (χ4v) is 2.81. The van der Waals surface area contributed by atoms with Crippen LogP contribution in [-0.4, -0.2) is 29.1 Å². The predicted molar refractivity (Wildman–Crippen MR) is 89.0 cm³/mol. The number of hydrogen-bond acceptors (Lipinski definition) is 5. The lowest BCUT2D eigenvalue weighted by molar-refractivity contribution is -0.117. The molecule has 0 fully saturated rings. The number of anilines is 1. The molecule has 2 aromatic rings. The Morgan fingerprint density at radius 3 is 2.91 bits per heavy atom. The molecule has 2 rings (SSSR count). The van der Waals surface area contributed by atoms with Crippen LogP contribution in [0.15, 0.2) is 24.4 Å². The molecule has 22 heavy (non-hydrogen) atoms. The molecule has 118 valence electrons. The lowest BCUT2D eigenvalue weighted by Gasteiger charge is -2.06. The van der Waals surface area contributed by atoms with Crippen LogP contribution in [0.5, 0.6) is 0 Å². The van der Waals surface area contributed by atoms with Crippen LogP contribution < -0.4 is 5.32 Å². The van der Waals surface area contributed by atoms with Crippen molar-refractivity contribution in [1.29, 1.82) is 0 Å². The van der Waals surface area contributed by atoms with Crippen molar-refractivity contribution in [1.82, 2.24) is 9.97 Å². The van der Waals surface area contributed by atoms with E-state index in [9.17, 15) is 4.79 Å². The minimum atomic E-state index is -0.0786. The molecule has 0 bridgehead atoms. The molecular weight excluding hydrogens is 298 g/mol. The average molecular weight is 319 g/mol. The van der Waals surface area contributed by atoms with Gasteiger partial charge in [-0.1, -0.05) is 31.3 Å². The minimum Gasteiger partial charge on any atom is -0.381 e. The molecule has 0 unspecified atom stereocenters. The second-order valence-electron chi connectivity index (χ2n) is 5.42. The van der Waals surface area contributed by atoms with Crippen LogP contribution in [0.1, 0.15) is 26.0 Å². The molecule has 0 aromatic carbocycles. The lowest BCUT2D eigenvalue weighted by Crippen LogP contribution is -2.15. The molecule has 2 heterocycles. The van der Waals surface area contributed by atoms with E-state index in [1.807, 2.05) is 25.1 Å². The summed E-state index contributed by atoms with van der Waals surface area (Å²) in [6.07, 6.45) is 2.09. The second kappa shape index (κ2) is 8.00. The van der Waals surface area contributed by atoms with Crippen LogP contribution in [0.4, 0.5) is 5.13 Å².